The summed E-state index contributed by atoms with van der Waals surface area (Å²) in [5.41, 5.74) is 4.18. The van der Waals surface area contributed by atoms with Crippen molar-refractivity contribution in [1.82, 2.24) is 4.57 Å². The van der Waals surface area contributed by atoms with Gasteiger partial charge in [-0.15, -0.1) is 0 Å². The molecule has 0 amide bonds. The number of hydrogen-bond donors (Lipinski definition) is 0. The van der Waals surface area contributed by atoms with Gasteiger partial charge >= 0.3 is 5.97 Å². The van der Waals surface area contributed by atoms with Crippen LogP contribution in [0.25, 0.3) is 5.69 Å². The molecular weight excluding hydrogens is 345 g/mol. The van der Waals surface area contributed by atoms with E-state index >= 15 is 0 Å². The fraction of sp³-hybridized carbons (Fsp3) is 0.182. The highest BCUT2D eigenvalue weighted by Crippen LogP contribution is 2.22. The first-order chi connectivity index (χ1) is 12.9. The number of nitrogens with zero attached hydrogens (tertiary/aromatic N) is 1. The molecule has 0 bridgehead atoms. The molecule has 0 radical (unpaired) electrons. The molecule has 0 aliphatic carbocycles. The molecular formula is C22H20FNO3. The maximum atomic E-state index is 13.2. The van der Waals surface area contributed by atoms with Crippen molar-refractivity contribution < 1.29 is 18.7 Å². The lowest BCUT2D eigenvalue weighted by atomic mass is 10.1. The quantitative estimate of drug-likeness (QED) is 0.491. The molecule has 0 aliphatic rings. The third-order valence-corrected chi connectivity index (χ3v) is 4.44. The van der Waals surface area contributed by atoms with Gasteiger partial charge in [-0.2, -0.15) is 0 Å². The summed E-state index contributed by atoms with van der Waals surface area (Å²) in [5.74, 6) is -1.14. The smallest absolute Gasteiger partial charge is 0.340 e. The van der Waals surface area contributed by atoms with E-state index in [4.69, 9.17) is 4.74 Å². The van der Waals surface area contributed by atoms with Crippen LogP contribution in [0.5, 0.6) is 0 Å². The summed E-state index contributed by atoms with van der Waals surface area (Å²) in [6, 6.07) is 14.8. The van der Waals surface area contributed by atoms with Gasteiger partial charge < -0.3 is 9.30 Å². The molecule has 3 aromatic rings. The largest absolute Gasteiger partial charge is 0.454 e. The third-order valence-electron chi connectivity index (χ3n) is 4.44. The zero-order valence-electron chi connectivity index (χ0n) is 15.5. The van der Waals surface area contributed by atoms with Gasteiger partial charge in [-0.1, -0.05) is 29.8 Å². The van der Waals surface area contributed by atoms with E-state index in [1.807, 2.05) is 30.5 Å². The first-order valence-corrected chi connectivity index (χ1v) is 8.58. The molecule has 0 aliphatic heterocycles. The topological polar surface area (TPSA) is 48.3 Å². The Bertz CT molecular complexity index is 986. The summed E-state index contributed by atoms with van der Waals surface area (Å²) in [4.78, 5) is 24.6. The van der Waals surface area contributed by atoms with Crippen molar-refractivity contribution in [2.24, 2.45) is 0 Å². The number of esters is 1. The van der Waals surface area contributed by atoms with Gasteiger partial charge in [0.05, 0.1) is 5.56 Å². The van der Waals surface area contributed by atoms with Crippen molar-refractivity contribution in [1.29, 1.82) is 0 Å². The van der Waals surface area contributed by atoms with Crippen LogP contribution in [0.15, 0.2) is 54.6 Å². The highest BCUT2D eigenvalue weighted by Gasteiger charge is 2.19. The number of Topliss-reactive ketones (excluding diaryl/α,β-unsaturated/α-hetero) is 1. The Kier molecular flexibility index (Phi) is 5.21. The number of ether oxygens (including phenoxy) is 1. The maximum Gasteiger partial charge on any atom is 0.340 e. The van der Waals surface area contributed by atoms with Gasteiger partial charge in [-0.05, 0) is 51.1 Å². The van der Waals surface area contributed by atoms with Crippen LogP contribution in [0.3, 0.4) is 0 Å². The van der Waals surface area contributed by atoms with Gasteiger partial charge in [0.15, 0.2) is 12.4 Å². The maximum absolute atomic E-state index is 13.2. The predicted octanol–water partition coefficient (Wildman–Crippen LogP) is 4.58. The number of ketones is 1. The van der Waals surface area contributed by atoms with E-state index < -0.39 is 5.97 Å². The summed E-state index contributed by atoms with van der Waals surface area (Å²) in [7, 11) is 0. The third kappa shape index (κ3) is 3.97. The summed E-state index contributed by atoms with van der Waals surface area (Å²) >= 11 is 0. The molecule has 0 fully saturated rings. The molecule has 2 aromatic carbocycles. The molecule has 0 spiro atoms. The second-order valence-electron chi connectivity index (χ2n) is 6.46. The molecule has 0 N–H and O–H groups in total. The lowest BCUT2D eigenvalue weighted by Crippen LogP contribution is -2.15. The van der Waals surface area contributed by atoms with Crippen LogP contribution in [-0.4, -0.2) is 22.9 Å². The van der Waals surface area contributed by atoms with E-state index in [0.717, 1.165) is 16.9 Å². The normalized spacial score (nSPS) is 10.7. The average molecular weight is 365 g/mol. The van der Waals surface area contributed by atoms with Gasteiger partial charge in [-0.25, -0.2) is 9.18 Å². The van der Waals surface area contributed by atoms with Crippen molar-refractivity contribution in [3.8, 4) is 5.69 Å². The van der Waals surface area contributed by atoms with Gasteiger partial charge in [0.1, 0.15) is 5.82 Å². The van der Waals surface area contributed by atoms with E-state index in [1.165, 1.54) is 12.1 Å². The number of halogens is 1. The molecule has 5 heteroatoms. The molecule has 0 atom stereocenters. The number of rotatable bonds is 5. The standard InChI is InChI=1S/C22H20FNO3/c1-14-4-6-17(7-5-14)21(25)13-27-22(26)20-12-15(2)24(16(20)3)19-10-8-18(23)9-11-19/h4-12H,13H2,1-3H3. The molecule has 1 heterocycles. The molecule has 3 rings (SSSR count). The van der Waals surface area contributed by atoms with Crippen molar-refractivity contribution in [3.05, 3.63) is 88.5 Å². The van der Waals surface area contributed by atoms with Crippen molar-refractivity contribution in [3.63, 3.8) is 0 Å². The van der Waals surface area contributed by atoms with E-state index in [9.17, 15) is 14.0 Å². The first kappa shape index (κ1) is 18.6. The Morgan fingerprint density at radius 2 is 1.59 bits per heavy atom. The van der Waals surface area contributed by atoms with Gasteiger partial charge in [0.2, 0.25) is 0 Å². The number of carbonyl (C=O) groups excluding carboxylic acids is 2. The van der Waals surface area contributed by atoms with Crippen LogP contribution < -0.4 is 0 Å². The Morgan fingerprint density at radius 3 is 2.22 bits per heavy atom. The zero-order chi connectivity index (χ0) is 19.6. The van der Waals surface area contributed by atoms with Gasteiger partial charge in [-0.3, -0.25) is 4.79 Å². The Hall–Kier alpha value is -3.21. The number of aryl methyl sites for hydroxylation is 2. The van der Waals surface area contributed by atoms with Crippen LogP contribution in [-0.2, 0) is 4.74 Å². The number of aromatic nitrogens is 1. The molecule has 4 nitrogen and oxygen atoms in total. The molecule has 27 heavy (non-hydrogen) atoms. The average Bonchev–Trinajstić information content (AvgIpc) is 2.95. The van der Waals surface area contributed by atoms with Crippen LogP contribution in [0, 0.1) is 26.6 Å². The lowest BCUT2D eigenvalue weighted by Gasteiger charge is -2.10. The fourth-order valence-electron chi connectivity index (χ4n) is 2.99. The number of hydrogen-bond acceptors (Lipinski definition) is 3. The monoisotopic (exact) mass is 365 g/mol. The van der Waals surface area contributed by atoms with E-state index in [1.54, 1.807) is 37.3 Å². The van der Waals surface area contributed by atoms with Gasteiger partial charge in [0.25, 0.3) is 0 Å². The van der Waals surface area contributed by atoms with Gasteiger partial charge in [0, 0.05) is 22.6 Å². The molecule has 0 saturated carbocycles. The Morgan fingerprint density at radius 1 is 0.963 bits per heavy atom. The van der Waals surface area contributed by atoms with E-state index in [-0.39, 0.29) is 18.2 Å². The van der Waals surface area contributed by atoms with Crippen molar-refractivity contribution in [2.45, 2.75) is 20.8 Å². The molecule has 0 unspecified atom stereocenters. The number of benzene rings is 2. The minimum absolute atomic E-state index is 0.254. The Balaban J connectivity index is 1.75. The fourth-order valence-corrected chi connectivity index (χ4v) is 2.99. The van der Waals surface area contributed by atoms with Crippen molar-refractivity contribution in [2.75, 3.05) is 6.61 Å². The second-order valence-corrected chi connectivity index (χ2v) is 6.46. The van der Waals surface area contributed by atoms with E-state index in [2.05, 4.69) is 0 Å². The molecule has 0 saturated heterocycles. The van der Waals surface area contributed by atoms with Crippen LogP contribution >= 0.6 is 0 Å². The van der Waals surface area contributed by atoms with E-state index in [0.29, 0.717) is 16.8 Å². The minimum Gasteiger partial charge on any atom is -0.454 e. The summed E-state index contributed by atoms with van der Waals surface area (Å²) in [6.07, 6.45) is 0. The first-order valence-electron chi connectivity index (χ1n) is 8.58. The van der Waals surface area contributed by atoms with Crippen LogP contribution in [0.2, 0.25) is 0 Å². The molecule has 138 valence electrons. The highest BCUT2D eigenvalue weighted by atomic mass is 19.1. The number of carbonyl (C=O) groups is 2. The summed E-state index contributed by atoms with van der Waals surface area (Å²) in [5, 5.41) is 0. The van der Waals surface area contributed by atoms with Crippen LogP contribution in [0.1, 0.15) is 37.7 Å². The second kappa shape index (κ2) is 7.58. The van der Waals surface area contributed by atoms with Crippen molar-refractivity contribution >= 4 is 11.8 Å². The SMILES string of the molecule is Cc1ccc(C(=O)COC(=O)c2cc(C)n(-c3ccc(F)cc3)c2C)cc1. The Labute approximate surface area is 157 Å². The highest BCUT2D eigenvalue weighted by molar-refractivity contribution is 5.99. The summed E-state index contributed by atoms with van der Waals surface area (Å²) < 4.78 is 20.2. The lowest BCUT2D eigenvalue weighted by molar-refractivity contribution is 0.0474. The minimum atomic E-state index is -0.558. The summed E-state index contributed by atoms with van der Waals surface area (Å²) in [6.45, 7) is 5.26. The predicted molar refractivity (Wildman–Crippen MR) is 101 cm³/mol. The van der Waals surface area contributed by atoms with Crippen LogP contribution in [0.4, 0.5) is 4.39 Å². The molecule has 1 aromatic heterocycles. The zero-order valence-corrected chi connectivity index (χ0v) is 15.5.